The van der Waals surface area contributed by atoms with Gasteiger partial charge in [0.1, 0.15) is 48.8 Å². The third kappa shape index (κ3) is 47.9. The van der Waals surface area contributed by atoms with Crippen molar-refractivity contribution >= 4 is 5.91 Å². The first-order valence-corrected chi connectivity index (χ1v) is 39.5. The zero-order valence-corrected chi connectivity index (χ0v) is 60.8. The molecule has 0 aromatic heterocycles. The molecule has 0 aliphatic carbocycles. The van der Waals surface area contributed by atoms with Crippen LogP contribution in [0.15, 0.2) is 97.2 Å². The number of hydrogen-bond donors (Lipinski definition) is 9. The summed E-state index contributed by atoms with van der Waals surface area (Å²) in [6.45, 7) is 2.70. The van der Waals surface area contributed by atoms with Gasteiger partial charge in [-0.25, -0.2) is 0 Å². The van der Waals surface area contributed by atoms with Gasteiger partial charge in [-0.05, 0) is 89.9 Å². The van der Waals surface area contributed by atoms with E-state index in [4.69, 9.17) is 18.9 Å². The molecule has 0 aromatic carbocycles. The van der Waals surface area contributed by atoms with Gasteiger partial charge in [0, 0.05) is 6.42 Å². The zero-order valence-electron chi connectivity index (χ0n) is 60.8. The second-order valence-corrected chi connectivity index (χ2v) is 27.4. The van der Waals surface area contributed by atoms with E-state index in [1.54, 1.807) is 6.08 Å². The maximum Gasteiger partial charge on any atom is 0.220 e. The van der Waals surface area contributed by atoms with Crippen LogP contribution in [0.4, 0.5) is 0 Å². The number of allylic oxidation sites excluding steroid dienone is 15. The van der Waals surface area contributed by atoms with Gasteiger partial charge in [-0.3, -0.25) is 4.79 Å². The second kappa shape index (κ2) is 65.2. The third-order valence-corrected chi connectivity index (χ3v) is 18.7. The number of carbonyl (C=O) groups excluding carboxylic acids is 1. The maximum absolute atomic E-state index is 13.4. The second-order valence-electron chi connectivity index (χ2n) is 27.4. The van der Waals surface area contributed by atoms with Crippen LogP contribution in [0.5, 0.6) is 0 Å². The topological polar surface area (TPSA) is 228 Å². The van der Waals surface area contributed by atoms with Gasteiger partial charge in [-0.15, -0.1) is 0 Å². The van der Waals surface area contributed by atoms with E-state index < -0.39 is 86.8 Å². The van der Waals surface area contributed by atoms with Crippen LogP contribution >= 0.6 is 0 Å². The molecule has 0 saturated carbocycles. The van der Waals surface area contributed by atoms with E-state index in [0.29, 0.717) is 12.8 Å². The summed E-state index contributed by atoms with van der Waals surface area (Å²) >= 11 is 0. The number of amides is 1. The van der Waals surface area contributed by atoms with E-state index >= 15 is 0 Å². The van der Waals surface area contributed by atoms with Gasteiger partial charge in [-0.2, -0.15) is 0 Å². The average molecular weight is 1350 g/mol. The molecule has 2 saturated heterocycles. The summed E-state index contributed by atoms with van der Waals surface area (Å²) < 4.78 is 22.9. The molecule has 0 spiro atoms. The van der Waals surface area contributed by atoms with E-state index in [2.05, 4.69) is 104 Å². The van der Waals surface area contributed by atoms with Crippen LogP contribution in [0.25, 0.3) is 0 Å². The Hall–Kier alpha value is -3.09. The maximum atomic E-state index is 13.4. The SMILES string of the molecule is CC/C=C\C/C=C\C/C=C\C/C=C\C/C=C\CCCCCCCCCCCCCCCC(=O)NC(COC1OC(CO)C(OC2OC(CO)C(O)C(O)C2O)C(O)C1O)C(O)/C=C/CC/C=C/CC/C=C/CCCCCCCCCCCCCCCCCCCCCCCCC. The highest BCUT2D eigenvalue weighted by Gasteiger charge is 2.51. The van der Waals surface area contributed by atoms with E-state index in [0.717, 1.165) is 83.5 Å². The van der Waals surface area contributed by atoms with Crippen LogP contribution in [0.3, 0.4) is 0 Å². The number of ether oxygens (including phenoxy) is 4. The predicted octanol–water partition coefficient (Wildman–Crippen LogP) is 17.7. The highest BCUT2D eigenvalue weighted by molar-refractivity contribution is 5.76. The number of aliphatic hydroxyl groups is 8. The molecular formula is C82H145NO13. The van der Waals surface area contributed by atoms with Crippen molar-refractivity contribution in [3.63, 3.8) is 0 Å². The van der Waals surface area contributed by atoms with Gasteiger partial charge < -0.3 is 65.1 Å². The lowest BCUT2D eigenvalue weighted by molar-refractivity contribution is -0.359. The molecule has 2 aliphatic heterocycles. The van der Waals surface area contributed by atoms with Crippen molar-refractivity contribution in [2.75, 3.05) is 19.8 Å². The van der Waals surface area contributed by atoms with Crippen molar-refractivity contribution in [2.24, 2.45) is 0 Å². The number of hydrogen-bond acceptors (Lipinski definition) is 13. The predicted molar refractivity (Wildman–Crippen MR) is 396 cm³/mol. The van der Waals surface area contributed by atoms with Crippen molar-refractivity contribution < 1.29 is 64.6 Å². The van der Waals surface area contributed by atoms with Crippen LogP contribution in [-0.2, 0) is 23.7 Å². The molecule has 2 heterocycles. The minimum atomic E-state index is -1.80. The number of unbranched alkanes of at least 4 members (excludes halogenated alkanes) is 38. The highest BCUT2D eigenvalue weighted by Crippen LogP contribution is 2.30. The zero-order chi connectivity index (χ0) is 69.4. The van der Waals surface area contributed by atoms with Gasteiger partial charge in [0.05, 0.1) is 32.0 Å². The summed E-state index contributed by atoms with van der Waals surface area (Å²) in [5, 5.41) is 87.6. The first-order valence-electron chi connectivity index (χ1n) is 39.5. The lowest BCUT2D eigenvalue weighted by Gasteiger charge is -2.46. The van der Waals surface area contributed by atoms with Crippen molar-refractivity contribution in [1.29, 1.82) is 0 Å². The fraction of sp³-hybridized carbons (Fsp3) is 0.793. The number of nitrogens with one attached hydrogen (secondary N) is 1. The summed E-state index contributed by atoms with van der Waals surface area (Å²) in [6, 6.07) is -0.947. The molecule has 1 amide bonds. The molecule has 96 heavy (non-hydrogen) atoms. The first kappa shape index (κ1) is 89.0. The molecule has 0 aromatic rings. The van der Waals surface area contributed by atoms with E-state index in [1.165, 1.54) is 205 Å². The summed E-state index contributed by atoms with van der Waals surface area (Å²) in [5.41, 5.74) is 0. The first-order chi connectivity index (χ1) is 47.1. The molecule has 9 N–H and O–H groups in total. The highest BCUT2D eigenvalue weighted by atomic mass is 16.7. The van der Waals surface area contributed by atoms with Gasteiger partial charge in [0.15, 0.2) is 12.6 Å². The number of aliphatic hydroxyl groups excluding tert-OH is 8. The molecule has 2 aliphatic rings. The molecule has 0 radical (unpaired) electrons. The normalized spacial score (nSPS) is 22.8. The Bertz CT molecular complexity index is 1980. The van der Waals surface area contributed by atoms with Gasteiger partial charge in [0.2, 0.25) is 5.91 Å². The van der Waals surface area contributed by atoms with Crippen LogP contribution in [-0.4, -0.2) is 140 Å². The Morgan fingerprint density at radius 2 is 0.729 bits per heavy atom. The molecule has 2 fully saturated rings. The molecule has 14 nitrogen and oxygen atoms in total. The number of rotatable bonds is 65. The molecule has 556 valence electrons. The van der Waals surface area contributed by atoms with Crippen molar-refractivity contribution in [3.8, 4) is 0 Å². The molecule has 14 heteroatoms. The Kier molecular flexibility index (Phi) is 60.5. The fourth-order valence-electron chi connectivity index (χ4n) is 12.5. The van der Waals surface area contributed by atoms with E-state index in [9.17, 15) is 45.6 Å². The van der Waals surface area contributed by atoms with Crippen LogP contribution < -0.4 is 5.32 Å². The lowest BCUT2D eigenvalue weighted by Crippen LogP contribution is -2.65. The summed E-state index contributed by atoms with van der Waals surface area (Å²) in [7, 11) is 0. The Morgan fingerprint density at radius 3 is 1.15 bits per heavy atom. The molecule has 2 rings (SSSR count). The number of carbonyl (C=O) groups is 1. The van der Waals surface area contributed by atoms with Crippen molar-refractivity contribution in [2.45, 2.75) is 396 Å². The summed E-state index contributed by atoms with van der Waals surface area (Å²) in [4.78, 5) is 13.4. The third-order valence-electron chi connectivity index (χ3n) is 18.7. The molecule has 12 atom stereocenters. The largest absolute Gasteiger partial charge is 0.394 e. The van der Waals surface area contributed by atoms with Gasteiger partial charge in [0.25, 0.3) is 0 Å². The average Bonchev–Trinajstić information content (AvgIpc) is 0.854. The van der Waals surface area contributed by atoms with E-state index in [1.807, 2.05) is 6.08 Å². The minimum absolute atomic E-state index is 0.255. The Morgan fingerprint density at radius 1 is 0.385 bits per heavy atom. The van der Waals surface area contributed by atoms with Crippen LogP contribution in [0, 0.1) is 0 Å². The smallest absolute Gasteiger partial charge is 0.220 e. The lowest BCUT2D eigenvalue weighted by atomic mass is 9.97. The Labute approximate surface area is 585 Å². The van der Waals surface area contributed by atoms with Crippen LogP contribution in [0.2, 0.25) is 0 Å². The van der Waals surface area contributed by atoms with Crippen molar-refractivity contribution in [3.05, 3.63) is 97.2 Å². The van der Waals surface area contributed by atoms with Crippen molar-refractivity contribution in [1.82, 2.24) is 5.32 Å². The van der Waals surface area contributed by atoms with Gasteiger partial charge >= 0.3 is 0 Å². The molecular weight excluding hydrogens is 1210 g/mol. The minimum Gasteiger partial charge on any atom is -0.394 e. The molecule has 12 unspecified atom stereocenters. The fourth-order valence-corrected chi connectivity index (χ4v) is 12.5. The Balaban J connectivity index is 1.65. The van der Waals surface area contributed by atoms with Gasteiger partial charge in [-0.1, -0.05) is 323 Å². The quantitative estimate of drug-likeness (QED) is 0.0204. The van der Waals surface area contributed by atoms with E-state index in [-0.39, 0.29) is 18.9 Å². The standard InChI is InChI=1S/C82H145NO13/c1-3-5-7-9-11-13-15-17-19-21-23-25-27-29-31-33-34-35-36-38-39-41-43-45-47-49-51-53-55-57-59-61-63-65-71(86)70(69-93-81-79(92)77(90)80(73(68-85)95-81)96-82-78(91)76(89)75(88)72(67-84)94-82)83-74(87)66-64-62-60-58-56-54-52-50-48-46-44-42-40-37-32-30-28-26-24-22-20-18-16-14-12-10-8-6-4-2/h6,8,12,14,18,20,24,26,30,32,47,49,55,57,63,65,70-73,75-82,84-86,88-92H,3-5,7,9-11,13,15-17,19,21-23,25,27-29,31,33-46,48,50-54,56,58-62,64,66-69H2,1-2H3,(H,83,87)/b8-6-,14-12-,20-18-,26-24-,32-30-,49-47+,57-55+,65-63+. The summed E-state index contributed by atoms with van der Waals surface area (Å²) in [6.07, 6.45) is 76.3. The molecule has 0 bridgehead atoms. The van der Waals surface area contributed by atoms with Crippen LogP contribution in [0.1, 0.15) is 322 Å². The monoisotopic (exact) mass is 1350 g/mol. The summed E-state index contributed by atoms with van der Waals surface area (Å²) in [5.74, 6) is -0.255.